The van der Waals surface area contributed by atoms with Crippen LogP contribution in [0.5, 0.6) is 0 Å². The highest BCUT2D eigenvalue weighted by Crippen LogP contribution is 2.34. The summed E-state index contributed by atoms with van der Waals surface area (Å²) >= 11 is 0. The van der Waals surface area contributed by atoms with Crippen molar-refractivity contribution in [2.45, 2.75) is 25.4 Å². The van der Waals surface area contributed by atoms with Crippen molar-refractivity contribution in [2.24, 2.45) is 0 Å². The Morgan fingerprint density at radius 2 is 1.89 bits per heavy atom. The number of halogens is 4. The number of ketones is 1. The molecule has 96 valence electrons. The highest BCUT2D eigenvalue weighted by Gasteiger charge is 2.34. The summed E-state index contributed by atoms with van der Waals surface area (Å²) in [6, 6.07) is 2.66. The predicted molar refractivity (Wildman–Crippen MR) is 58.2 cm³/mol. The molecule has 18 heavy (non-hydrogen) atoms. The van der Waals surface area contributed by atoms with Crippen LogP contribution in [0.1, 0.15) is 30.4 Å². The van der Waals surface area contributed by atoms with Crippen molar-refractivity contribution in [1.29, 1.82) is 0 Å². The molecule has 1 aliphatic rings. The monoisotopic (exact) mass is 258 g/mol. The average molecular weight is 258 g/mol. The number of benzene rings is 1. The van der Waals surface area contributed by atoms with E-state index in [1.165, 1.54) is 6.07 Å². The molecule has 0 atom stereocenters. The van der Waals surface area contributed by atoms with E-state index in [4.69, 9.17) is 0 Å². The number of Topliss-reactive ketones (excluding diaryl/α,β-unsaturated/α-hetero) is 1. The Kier molecular flexibility index (Phi) is 3.24. The van der Waals surface area contributed by atoms with Crippen molar-refractivity contribution in [3.05, 3.63) is 41.2 Å². The van der Waals surface area contributed by atoms with E-state index in [1.54, 1.807) is 6.08 Å². The van der Waals surface area contributed by atoms with Gasteiger partial charge < -0.3 is 0 Å². The second-order valence-electron chi connectivity index (χ2n) is 4.13. The summed E-state index contributed by atoms with van der Waals surface area (Å²) in [6.45, 7) is 0. The molecule has 0 aromatic heterocycles. The van der Waals surface area contributed by atoms with Crippen molar-refractivity contribution < 1.29 is 22.4 Å². The van der Waals surface area contributed by atoms with Crippen LogP contribution >= 0.6 is 0 Å². The van der Waals surface area contributed by atoms with Crippen molar-refractivity contribution in [2.75, 3.05) is 0 Å². The Hall–Kier alpha value is -1.65. The summed E-state index contributed by atoms with van der Waals surface area (Å²) in [7, 11) is 0. The predicted octanol–water partition coefficient (Wildman–Crippen LogP) is 3.98. The molecule has 0 unspecified atom stereocenters. The number of hydrogen-bond acceptors (Lipinski definition) is 1. The van der Waals surface area contributed by atoms with Crippen LogP contribution in [0.4, 0.5) is 17.6 Å². The molecule has 0 fully saturated rings. The number of alkyl halides is 3. The lowest BCUT2D eigenvalue weighted by molar-refractivity contribution is -0.140. The van der Waals surface area contributed by atoms with Gasteiger partial charge >= 0.3 is 6.18 Å². The largest absolute Gasteiger partial charge is 0.419 e. The summed E-state index contributed by atoms with van der Waals surface area (Å²) in [5, 5.41) is 0. The van der Waals surface area contributed by atoms with Gasteiger partial charge in [0, 0.05) is 12.0 Å². The van der Waals surface area contributed by atoms with Crippen LogP contribution in [-0.2, 0) is 11.0 Å². The third-order valence-corrected chi connectivity index (χ3v) is 2.84. The van der Waals surface area contributed by atoms with Crippen molar-refractivity contribution in [3.63, 3.8) is 0 Å². The molecule has 0 saturated carbocycles. The fraction of sp³-hybridized carbons (Fsp3) is 0.308. The van der Waals surface area contributed by atoms with E-state index >= 15 is 0 Å². The van der Waals surface area contributed by atoms with E-state index in [-0.39, 0.29) is 16.9 Å². The highest BCUT2D eigenvalue weighted by molar-refractivity contribution is 6.21. The Balaban J connectivity index is 2.47. The molecular weight excluding hydrogens is 248 g/mol. The molecule has 0 aliphatic heterocycles. The highest BCUT2D eigenvalue weighted by atomic mass is 19.4. The molecule has 5 heteroatoms. The number of rotatable bonds is 1. The molecule has 1 aromatic carbocycles. The van der Waals surface area contributed by atoms with Crippen LogP contribution in [0.25, 0.3) is 5.57 Å². The second-order valence-corrected chi connectivity index (χ2v) is 4.13. The van der Waals surface area contributed by atoms with Crippen LogP contribution < -0.4 is 0 Å². The number of carbonyl (C=O) groups excluding carboxylic acids is 1. The summed E-state index contributed by atoms with van der Waals surface area (Å²) < 4.78 is 50.8. The molecule has 0 heterocycles. The van der Waals surface area contributed by atoms with E-state index in [0.29, 0.717) is 25.3 Å². The number of carbonyl (C=O) groups is 1. The van der Waals surface area contributed by atoms with Crippen LogP contribution in [0.2, 0.25) is 0 Å². The summed E-state index contributed by atoms with van der Waals surface area (Å²) in [4.78, 5) is 11.6. The zero-order chi connectivity index (χ0) is 13.3. The summed E-state index contributed by atoms with van der Waals surface area (Å²) in [6.07, 6.45) is -1.46. The van der Waals surface area contributed by atoms with E-state index in [0.717, 1.165) is 6.07 Å². The lowest BCUT2D eigenvalue weighted by Gasteiger charge is -2.14. The molecule has 1 aromatic rings. The molecule has 1 aliphatic carbocycles. The van der Waals surface area contributed by atoms with E-state index in [2.05, 4.69) is 0 Å². The fourth-order valence-electron chi connectivity index (χ4n) is 1.95. The van der Waals surface area contributed by atoms with Gasteiger partial charge in [-0.25, -0.2) is 4.39 Å². The average Bonchev–Trinajstić information content (AvgIpc) is 2.29. The lowest BCUT2D eigenvalue weighted by Crippen LogP contribution is -2.11. The van der Waals surface area contributed by atoms with Gasteiger partial charge in [-0.3, -0.25) is 4.79 Å². The van der Waals surface area contributed by atoms with E-state index < -0.39 is 17.6 Å². The third kappa shape index (κ3) is 2.44. The molecule has 0 saturated heterocycles. The van der Waals surface area contributed by atoms with Gasteiger partial charge in [0.25, 0.3) is 0 Å². The first kappa shape index (κ1) is 12.8. The van der Waals surface area contributed by atoms with Gasteiger partial charge in [-0.15, -0.1) is 0 Å². The Bertz CT molecular complexity index is 514. The quantitative estimate of drug-likeness (QED) is 0.696. The molecule has 0 bridgehead atoms. The van der Waals surface area contributed by atoms with Gasteiger partial charge in [0.05, 0.1) is 5.56 Å². The molecule has 0 amide bonds. The zero-order valence-corrected chi connectivity index (χ0v) is 9.35. The minimum atomic E-state index is -4.75. The number of hydrogen-bond donors (Lipinski definition) is 0. The topological polar surface area (TPSA) is 17.1 Å². The Morgan fingerprint density at radius 1 is 1.17 bits per heavy atom. The van der Waals surface area contributed by atoms with E-state index in [1.807, 2.05) is 0 Å². The van der Waals surface area contributed by atoms with Gasteiger partial charge in [0.2, 0.25) is 0 Å². The van der Waals surface area contributed by atoms with E-state index in [9.17, 15) is 22.4 Å². The van der Waals surface area contributed by atoms with Gasteiger partial charge in [-0.05, 0) is 30.5 Å². The van der Waals surface area contributed by atoms with Crippen LogP contribution in [0, 0.1) is 5.82 Å². The summed E-state index contributed by atoms with van der Waals surface area (Å²) in [5.74, 6) is -1.52. The van der Waals surface area contributed by atoms with Gasteiger partial charge in [0.1, 0.15) is 5.82 Å². The molecular formula is C13H10F4O. The van der Waals surface area contributed by atoms with Gasteiger partial charge in [-0.1, -0.05) is 12.1 Å². The van der Waals surface area contributed by atoms with Crippen molar-refractivity contribution >= 4 is 11.4 Å². The minimum Gasteiger partial charge on any atom is -0.294 e. The molecule has 0 radical (unpaired) electrons. The fourth-order valence-corrected chi connectivity index (χ4v) is 1.95. The Labute approximate surface area is 101 Å². The first-order chi connectivity index (χ1) is 8.39. The minimum absolute atomic E-state index is 0.133. The molecule has 0 N–H and O–H groups in total. The standard InChI is InChI=1S/C13H10F4O/c14-11-6-5-8(7-10(11)13(15,16)17)9-3-1-2-4-12(9)18/h3,5-7H,1-2,4H2. The maximum absolute atomic E-state index is 13.1. The van der Waals surface area contributed by atoms with Crippen LogP contribution in [0.3, 0.4) is 0 Å². The first-order valence-electron chi connectivity index (χ1n) is 5.50. The molecule has 1 nitrogen and oxygen atoms in total. The van der Waals surface area contributed by atoms with Crippen molar-refractivity contribution in [1.82, 2.24) is 0 Å². The smallest absolute Gasteiger partial charge is 0.294 e. The van der Waals surface area contributed by atoms with Crippen LogP contribution in [0.15, 0.2) is 24.3 Å². The maximum Gasteiger partial charge on any atom is 0.419 e. The maximum atomic E-state index is 13.1. The summed E-state index contributed by atoms with van der Waals surface area (Å²) in [5.41, 5.74) is -0.945. The number of allylic oxidation sites excluding steroid dienone is 2. The van der Waals surface area contributed by atoms with Gasteiger partial charge in [-0.2, -0.15) is 13.2 Å². The normalized spacial score (nSPS) is 16.7. The zero-order valence-electron chi connectivity index (χ0n) is 9.35. The molecule has 0 spiro atoms. The van der Waals surface area contributed by atoms with Gasteiger partial charge in [0.15, 0.2) is 5.78 Å². The van der Waals surface area contributed by atoms with Crippen LogP contribution in [-0.4, -0.2) is 5.78 Å². The second kappa shape index (κ2) is 4.55. The lowest BCUT2D eigenvalue weighted by atomic mass is 9.91. The molecule has 2 rings (SSSR count). The first-order valence-corrected chi connectivity index (χ1v) is 5.50. The SMILES string of the molecule is O=C1CCCC=C1c1ccc(F)c(C(F)(F)F)c1. The third-order valence-electron chi connectivity index (χ3n) is 2.84. The Morgan fingerprint density at radius 3 is 2.50 bits per heavy atom. The van der Waals surface area contributed by atoms with Crippen molar-refractivity contribution in [3.8, 4) is 0 Å².